The van der Waals surface area contributed by atoms with Gasteiger partial charge in [0.2, 0.25) is 0 Å². The predicted molar refractivity (Wildman–Crippen MR) is 71.6 cm³/mol. The third-order valence-corrected chi connectivity index (χ3v) is 2.87. The molecule has 0 saturated heterocycles. The Morgan fingerprint density at radius 2 is 2.32 bits per heavy atom. The van der Waals surface area contributed by atoms with Gasteiger partial charge >= 0.3 is 6.03 Å². The minimum atomic E-state index is -0.578. The summed E-state index contributed by atoms with van der Waals surface area (Å²) in [5, 5.41) is 18.9. The summed E-state index contributed by atoms with van der Waals surface area (Å²) in [5.41, 5.74) is -0.578. The smallest absolute Gasteiger partial charge is 0.315 e. The fourth-order valence-corrected chi connectivity index (χ4v) is 1.92. The van der Waals surface area contributed by atoms with Crippen LogP contribution in [0.3, 0.4) is 0 Å². The number of carbonyl (C=O) groups excluding carboxylic acids is 1. The zero-order valence-electron chi connectivity index (χ0n) is 11.8. The van der Waals surface area contributed by atoms with Crippen molar-refractivity contribution < 1.29 is 9.90 Å². The van der Waals surface area contributed by atoms with Gasteiger partial charge < -0.3 is 15.7 Å². The molecule has 7 heteroatoms. The van der Waals surface area contributed by atoms with E-state index in [4.69, 9.17) is 0 Å². The summed E-state index contributed by atoms with van der Waals surface area (Å²) >= 11 is 0. The Balaban J connectivity index is 2.41. The van der Waals surface area contributed by atoms with Crippen molar-refractivity contribution in [3.8, 4) is 0 Å². The Morgan fingerprint density at radius 1 is 1.58 bits per heavy atom. The van der Waals surface area contributed by atoms with Gasteiger partial charge in [0.25, 0.3) is 0 Å². The van der Waals surface area contributed by atoms with Gasteiger partial charge in [-0.3, -0.25) is 4.68 Å². The lowest BCUT2D eigenvalue weighted by molar-refractivity contribution is 0.162. The zero-order valence-corrected chi connectivity index (χ0v) is 11.8. The Kier molecular flexibility index (Phi) is 5.75. The SMILES string of the molecule is CCCC(C)(CO)NC(=O)NC(C)Cn1cncn1. The van der Waals surface area contributed by atoms with Crippen molar-refractivity contribution in [1.29, 1.82) is 0 Å². The second-order valence-electron chi connectivity index (χ2n) is 5.09. The van der Waals surface area contributed by atoms with E-state index >= 15 is 0 Å². The van der Waals surface area contributed by atoms with Crippen LogP contribution in [0.2, 0.25) is 0 Å². The van der Waals surface area contributed by atoms with Crippen molar-refractivity contribution in [3.63, 3.8) is 0 Å². The molecule has 0 aliphatic rings. The molecule has 0 radical (unpaired) electrons. The summed E-state index contributed by atoms with van der Waals surface area (Å²) in [6.07, 6.45) is 4.68. The normalized spacial score (nSPS) is 15.6. The number of aromatic nitrogens is 3. The van der Waals surface area contributed by atoms with E-state index in [1.165, 1.54) is 6.33 Å². The maximum Gasteiger partial charge on any atom is 0.315 e. The van der Waals surface area contributed by atoms with Gasteiger partial charge in [-0.25, -0.2) is 9.78 Å². The summed E-state index contributed by atoms with van der Waals surface area (Å²) in [6, 6.07) is -0.358. The average molecular weight is 269 g/mol. The van der Waals surface area contributed by atoms with Crippen LogP contribution in [0.25, 0.3) is 0 Å². The Hall–Kier alpha value is -1.63. The first-order valence-corrected chi connectivity index (χ1v) is 6.51. The molecule has 0 spiro atoms. The summed E-state index contributed by atoms with van der Waals surface area (Å²) in [5.74, 6) is 0. The van der Waals surface area contributed by atoms with Crippen LogP contribution in [0.4, 0.5) is 4.79 Å². The lowest BCUT2D eigenvalue weighted by atomic mass is 9.98. The van der Waals surface area contributed by atoms with Crippen molar-refractivity contribution in [2.24, 2.45) is 0 Å². The van der Waals surface area contributed by atoms with E-state index in [2.05, 4.69) is 20.7 Å². The topological polar surface area (TPSA) is 92.1 Å². The molecule has 2 amide bonds. The largest absolute Gasteiger partial charge is 0.394 e. The lowest BCUT2D eigenvalue weighted by Crippen LogP contribution is -2.54. The quantitative estimate of drug-likeness (QED) is 0.673. The molecule has 0 bridgehead atoms. The summed E-state index contributed by atoms with van der Waals surface area (Å²) in [6.45, 7) is 6.21. The van der Waals surface area contributed by atoms with Crippen molar-refractivity contribution in [1.82, 2.24) is 25.4 Å². The molecule has 1 heterocycles. The van der Waals surface area contributed by atoms with Crippen molar-refractivity contribution in [2.45, 2.75) is 51.7 Å². The second-order valence-corrected chi connectivity index (χ2v) is 5.09. The highest BCUT2D eigenvalue weighted by Crippen LogP contribution is 2.10. The lowest BCUT2D eigenvalue weighted by Gasteiger charge is -2.29. The molecule has 0 aliphatic heterocycles. The molecular weight excluding hydrogens is 246 g/mol. The van der Waals surface area contributed by atoms with Crippen LogP contribution in [-0.2, 0) is 6.54 Å². The van der Waals surface area contributed by atoms with Gasteiger partial charge in [0.1, 0.15) is 12.7 Å². The van der Waals surface area contributed by atoms with Gasteiger partial charge in [0.05, 0.1) is 18.7 Å². The number of urea groups is 1. The Morgan fingerprint density at radius 3 is 2.84 bits per heavy atom. The van der Waals surface area contributed by atoms with E-state index < -0.39 is 5.54 Å². The molecule has 2 unspecified atom stereocenters. The van der Waals surface area contributed by atoms with Crippen LogP contribution >= 0.6 is 0 Å². The van der Waals surface area contributed by atoms with Gasteiger partial charge in [-0.1, -0.05) is 13.3 Å². The summed E-state index contributed by atoms with van der Waals surface area (Å²) in [4.78, 5) is 15.7. The number of nitrogens with one attached hydrogen (secondary N) is 2. The van der Waals surface area contributed by atoms with E-state index in [1.807, 2.05) is 20.8 Å². The van der Waals surface area contributed by atoms with Gasteiger partial charge in [0.15, 0.2) is 0 Å². The average Bonchev–Trinajstić information content (AvgIpc) is 2.81. The highest BCUT2D eigenvalue weighted by atomic mass is 16.3. The van der Waals surface area contributed by atoms with E-state index in [0.717, 1.165) is 12.8 Å². The van der Waals surface area contributed by atoms with Crippen molar-refractivity contribution in [2.75, 3.05) is 6.61 Å². The zero-order chi connectivity index (χ0) is 14.3. The first-order valence-electron chi connectivity index (χ1n) is 6.51. The minimum Gasteiger partial charge on any atom is -0.394 e. The van der Waals surface area contributed by atoms with Crippen molar-refractivity contribution in [3.05, 3.63) is 12.7 Å². The third-order valence-electron chi connectivity index (χ3n) is 2.87. The van der Waals surface area contributed by atoms with E-state index in [1.54, 1.807) is 11.0 Å². The maximum absolute atomic E-state index is 11.9. The Bertz CT molecular complexity index is 381. The molecule has 0 aromatic carbocycles. The van der Waals surface area contributed by atoms with Crippen LogP contribution in [0.1, 0.15) is 33.6 Å². The first-order chi connectivity index (χ1) is 8.99. The van der Waals surface area contributed by atoms with Crippen LogP contribution in [0.15, 0.2) is 12.7 Å². The molecule has 2 atom stereocenters. The third kappa shape index (κ3) is 5.25. The number of aliphatic hydroxyl groups is 1. The van der Waals surface area contributed by atoms with Gasteiger partial charge in [-0.15, -0.1) is 0 Å². The maximum atomic E-state index is 11.9. The molecule has 0 fully saturated rings. The molecule has 19 heavy (non-hydrogen) atoms. The number of amides is 2. The molecule has 1 rings (SSSR count). The number of hydrogen-bond acceptors (Lipinski definition) is 4. The highest BCUT2D eigenvalue weighted by molar-refractivity contribution is 5.75. The first kappa shape index (κ1) is 15.4. The van der Waals surface area contributed by atoms with Gasteiger partial charge in [-0.2, -0.15) is 5.10 Å². The molecule has 3 N–H and O–H groups in total. The minimum absolute atomic E-state index is 0.0775. The number of hydrogen-bond donors (Lipinski definition) is 3. The molecule has 7 nitrogen and oxygen atoms in total. The molecule has 108 valence electrons. The fraction of sp³-hybridized carbons (Fsp3) is 0.750. The van der Waals surface area contributed by atoms with E-state index in [0.29, 0.717) is 6.54 Å². The number of rotatable bonds is 7. The molecule has 0 saturated carbocycles. The van der Waals surface area contributed by atoms with Crippen LogP contribution in [0, 0.1) is 0 Å². The number of nitrogens with zero attached hydrogens (tertiary/aromatic N) is 3. The Labute approximate surface area is 113 Å². The monoisotopic (exact) mass is 269 g/mol. The predicted octanol–water partition coefficient (Wildman–Crippen LogP) is 0.517. The molecular formula is C12H23N5O2. The highest BCUT2D eigenvalue weighted by Gasteiger charge is 2.24. The summed E-state index contributed by atoms with van der Waals surface area (Å²) in [7, 11) is 0. The number of carbonyl (C=O) groups is 1. The van der Waals surface area contributed by atoms with Crippen molar-refractivity contribution >= 4 is 6.03 Å². The second kappa shape index (κ2) is 7.08. The van der Waals surface area contributed by atoms with Gasteiger partial charge in [-0.05, 0) is 20.3 Å². The van der Waals surface area contributed by atoms with Crippen LogP contribution in [0.5, 0.6) is 0 Å². The molecule has 1 aromatic heterocycles. The van der Waals surface area contributed by atoms with E-state index in [-0.39, 0.29) is 18.7 Å². The van der Waals surface area contributed by atoms with E-state index in [9.17, 15) is 9.90 Å². The van der Waals surface area contributed by atoms with Crippen LogP contribution in [-0.4, -0.2) is 44.1 Å². The van der Waals surface area contributed by atoms with Gasteiger partial charge in [0, 0.05) is 6.04 Å². The van der Waals surface area contributed by atoms with Crippen LogP contribution < -0.4 is 10.6 Å². The fourth-order valence-electron chi connectivity index (χ4n) is 1.92. The standard InChI is InChI=1S/C12H23N5O2/c1-4-5-12(3,7-18)16-11(19)15-10(2)6-17-9-13-8-14-17/h8-10,18H,4-7H2,1-3H3,(H2,15,16,19). The molecule has 0 aliphatic carbocycles. The summed E-state index contributed by atoms with van der Waals surface area (Å²) < 4.78 is 1.65. The number of aliphatic hydroxyl groups excluding tert-OH is 1. The molecule has 1 aromatic rings.